The van der Waals surface area contributed by atoms with Gasteiger partial charge in [0.2, 0.25) is 11.8 Å². The number of ether oxygens (including phenoxy) is 8. The lowest BCUT2D eigenvalue weighted by Gasteiger charge is -2.24. The van der Waals surface area contributed by atoms with Crippen LogP contribution in [0.5, 0.6) is 23.3 Å². The van der Waals surface area contributed by atoms with Crippen molar-refractivity contribution in [2.75, 3.05) is 53.7 Å². The summed E-state index contributed by atoms with van der Waals surface area (Å²) in [5.41, 5.74) is -1.83. The molecular formula is C60H70Cl2N4O14. The van der Waals surface area contributed by atoms with Gasteiger partial charge in [0, 0.05) is 36.5 Å². The number of allylic oxidation sites excluding steroid dienone is 4. The highest BCUT2D eigenvalue weighted by Crippen LogP contribution is 2.58. The normalized spacial score (nSPS) is 25.5. The molecule has 2 aromatic carbocycles. The fraction of sp³-hybridized carbons (Fsp3) is 0.500. The van der Waals surface area contributed by atoms with Crippen LogP contribution in [0.4, 0.5) is 9.59 Å². The van der Waals surface area contributed by atoms with Crippen molar-refractivity contribution < 1.29 is 66.7 Å². The third-order valence-corrected chi connectivity index (χ3v) is 15.9. The Morgan fingerprint density at radius 1 is 0.800 bits per heavy atom. The first-order valence-corrected chi connectivity index (χ1v) is 28.1. The smallest absolute Gasteiger partial charge is 0.410 e. The van der Waals surface area contributed by atoms with Crippen LogP contribution >= 0.6 is 23.2 Å². The lowest BCUT2D eigenvalue weighted by Crippen LogP contribution is -2.42. The van der Waals surface area contributed by atoms with Gasteiger partial charge >= 0.3 is 24.1 Å². The zero-order valence-electron chi connectivity index (χ0n) is 45.8. The van der Waals surface area contributed by atoms with Crippen LogP contribution in [0.15, 0.2) is 86.0 Å². The number of rotatable bonds is 19. The number of amides is 2. The standard InChI is InChI=1S/C31H37ClN2O7.C29H33ClN2O7/c1-5-8-9-10-13-40-30(37)34-19-23(41-28-24-12-11-22(38-4)14-20(24)15-27(32)33-28)16-25(34)26(35)18-31(17-21(31)6-2)29(36)39-7-3;1-3-37-27(34)29-15-19(29)8-6-4-5-7-11-38-28(35)32-17-21(14-23(32)24(33)16-29)39-26-22-10-9-20(36-2)12-18(22)13-25(30)31-26/h5-6,11-12,14-15,21,23,25H,1-2,7-10,13,16-19H2,3-4H3;6,8-10,12-13,19,21,23H,3-5,7,11,14-17H2,1-2H3/b;8-6-/t21-,23-,25+,31-;19-,21-,23+,29-/m11/s1. The molecule has 2 saturated heterocycles. The highest BCUT2D eigenvalue weighted by molar-refractivity contribution is 6.30. The van der Waals surface area contributed by atoms with Crippen molar-refractivity contribution in [2.45, 2.75) is 115 Å². The number of cyclic esters (lactones) is 1. The molecule has 428 valence electrons. The Balaban J connectivity index is 0.000000210. The molecule has 8 atom stereocenters. The Morgan fingerprint density at radius 2 is 1.44 bits per heavy atom. The topological polar surface area (TPSA) is 209 Å². The van der Waals surface area contributed by atoms with Gasteiger partial charge in [-0.15, -0.1) is 13.2 Å². The Hall–Kier alpha value is -6.92. The van der Waals surface area contributed by atoms with E-state index in [-0.39, 0.29) is 105 Å². The number of hydrogen-bond donors (Lipinski definition) is 0. The molecule has 20 heteroatoms. The molecule has 0 N–H and O–H groups in total. The fourth-order valence-corrected chi connectivity index (χ4v) is 11.4. The largest absolute Gasteiger partial charge is 0.497 e. The summed E-state index contributed by atoms with van der Waals surface area (Å²) >= 11 is 12.6. The molecule has 5 aliphatic rings. The van der Waals surface area contributed by atoms with Crippen molar-refractivity contribution in [2.24, 2.45) is 22.7 Å². The number of fused-ring (bicyclic) bond motifs is 4. The minimum Gasteiger partial charge on any atom is -0.497 e. The van der Waals surface area contributed by atoms with Crippen LogP contribution in [0.25, 0.3) is 21.5 Å². The van der Waals surface area contributed by atoms with E-state index < -0.39 is 53.3 Å². The molecule has 0 spiro atoms. The molecule has 2 saturated carbocycles. The summed E-state index contributed by atoms with van der Waals surface area (Å²) in [7, 11) is 3.16. The quantitative estimate of drug-likeness (QED) is 0.0281. The van der Waals surface area contributed by atoms with Crippen LogP contribution in [0.2, 0.25) is 10.3 Å². The van der Waals surface area contributed by atoms with Crippen LogP contribution < -0.4 is 18.9 Å². The van der Waals surface area contributed by atoms with Crippen molar-refractivity contribution in [1.82, 2.24) is 19.8 Å². The molecule has 4 fully saturated rings. The molecule has 2 aromatic heterocycles. The van der Waals surface area contributed by atoms with Crippen molar-refractivity contribution in [3.63, 3.8) is 0 Å². The fourth-order valence-electron chi connectivity index (χ4n) is 11.0. The van der Waals surface area contributed by atoms with Gasteiger partial charge in [0.25, 0.3) is 0 Å². The van der Waals surface area contributed by atoms with E-state index in [4.69, 9.17) is 61.1 Å². The second-order valence-corrected chi connectivity index (χ2v) is 21.6. The number of likely N-dealkylation sites (tertiary alicyclic amines) is 1. The van der Waals surface area contributed by atoms with Crippen molar-refractivity contribution in [1.29, 1.82) is 0 Å². The lowest BCUT2D eigenvalue weighted by molar-refractivity contribution is -0.152. The predicted octanol–water partition coefficient (Wildman–Crippen LogP) is 11.0. The molecule has 80 heavy (non-hydrogen) atoms. The number of benzene rings is 2. The maximum absolute atomic E-state index is 13.7. The number of nitrogens with zero attached hydrogens (tertiary/aromatic N) is 4. The summed E-state index contributed by atoms with van der Waals surface area (Å²) < 4.78 is 44.9. The van der Waals surface area contributed by atoms with E-state index in [2.05, 4.69) is 23.1 Å². The van der Waals surface area contributed by atoms with E-state index in [1.54, 1.807) is 58.4 Å². The number of esters is 2. The van der Waals surface area contributed by atoms with E-state index >= 15 is 0 Å². The monoisotopic (exact) mass is 1140 g/mol. The Kier molecular flexibility index (Phi) is 19.7. The number of ketones is 2. The summed E-state index contributed by atoms with van der Waals surface area (Å²) in [5.74, 6) is 0.529. The minimum absolute atomic E-state index is 0.000146. The van der Waals surface area contributed by atoms with E-state index in [0.29, 0.717) is 48.9 Å². The number of pyridine rings is 2. The van der Waals surface area contributed by atoms with Crippen LogP contribution in [-0.2, 0) is 38.1 Å². The molecule has 0 radical (unpaired) electrons. The maximum atomic E-state index is 13.7. The van der Waals surface area contributed by atoms with Gasteiger partial charge in [-0.3, -0.25) is 29.0 Å². The van der Waals surface area contributed by atoms with Crippen LogP contribution in [0, 0.1) is 22.7 Å². The first kappa shape index (κ1) is 59.2. The zero-order chi connectivity index (χ0) is 57.1. The summed E-state index contributed by atoms with van der Waals surface area (Å²) in [6.07, 6.45) is 11.5. The van der Waals surface area contributed by atoms with Gasteiger partial charge in [0.05, 0.1) is 76.7 Å². The first-order valence-electron chi connectivity index (χ1n) is 27.4. The zero-order valence-corrected chi connectivity index (χ0v) is 47.3. The Labute approximate surface area is 476 Å². The molecule has 2 aliphatic carbocycles. The summed E-state index contributed by atoms with van der Waals surface area (Å²) in [5, 5.41) is 3.51. The number of halogens is 2. The average molecular weight is 1140 g/mol. The third-order valence-electron chi connectivity index (χ3n) is 15.5. The van der Waals surface area contributed by atoms with Crippen LogP contribution in [0.3, 0.4) is 0 Å². The number of hydrogen-bond acceptors (Lipinski definition) is 16. The maximum Gasteiger partial charge on any atom is 0.410 e. The third kappa shape index (κ3) is 13.6. The SMILES string of the molecule is C=CCCCCOC(=O)N1C[C@H](Oc2nc(Cl)cc3cc(OC)ccc23)C[C@H]1C(=O)C[C@]1(C(=O)OCC)C[C@H]1C=C.CCOC(=O)[C@]12CC(=O)[C@@H]3C[C@@H](Oc4nc(Cl)cc5cc(OC)ccc45)CN3C(=O)OCCCC/C=C\[C@@H]1C2. The highest BCUT2D eigenvalue weighted by atomic mass is 35.5. The van der Waals surface area contributed by atoms with Crippen LogP contribution in [-0.4, -0.2) is 133 Å². The van der Waals surface area contributed by atoms with Gasteiger partial charge in [-0.1, -0.05) is 47.5 Å². The Morgan fingerprint density at radius 3 is 2.04 bits per heavy atom. The second kappa shape index (κ2) is 26.6. The predicted molar refractivity (Wildman–Crippen MR) is 299 cm³/mol. The molecule has 18 nitrogen and oxygen atoms in total. The van der Waals surface area contributed by atoms with Gasteiger partial charge in [0.15, 0.2) is 11.6 Å². The number of carbonyl (C=O) groups excluding carboxylic acids is 6. The molecule has 5 heterocycles. The molecule has 4 aromatic rings. The molecular weight excluding hydrogens is 1070 g/mol. The molecule has 0 unspecified atom stereocenters. The summed E-state index contributed by atoms with van der Waals surface area (Å²) in [4.78, 5) is 91.1. The highest BCUT2D eigenvalue weighted by Gasteiger charge is 2.63. The number of methoxy groups -OCH3 is 2. The number of aromatic nitrogens is 2. The van der Waals surface area contributed by atoms with Crippen molar-refractivity contribution >= 4 is 80.4 Å². The van der Waals surface area contributed by atoms with E-state index in [0.717, 1.165) is 47.2 Å². The van der Waals surface area contributed by atoms with E-state index in [1.165, 1.54) is 9.80 Å². The Bertz CT molecular complexity index is 3010. The van der Waals surface area contributed by atoms with Gasteiger partial charge in [-0.2, -0.15) is 0 Å². The average Bonchev–Trinajstić information content (AvgIpc) is 4.22. The van der Waals surface area contributed by atoms with E-state index in [9.17, 15) is 28.8 Å². The summed E-state index contributed by atoms with van der Waals surface area (Å²) in [6, 6.07) is 12.7. The van der Waals surface area contributed by atoms with Crippen molar-refractivity contribution in [3.05, 3.63) is 96.3 Å². The van der Waals surface area contributed by atoms with Crippen molar-refractivity contribution in [3.8, 4) is 23.3 Å². The van der Waals surface area contributed by atoms with Gasteiger partial charge in [-0.25, -0.2) is 19.6 Å². The molecule has 2 amide bonds. The first-order chi connectivity index (χ1) is 38.6. The number of unbranched alkanes of at least 4 members (excludes halogenated alkanes) is 2. The number of carbonyl (C=O) groups is 6. The van der Waals surface area contributed by atoms with Gasteiger partial charge in [-0.05, 0) is 136 Å². The molecule has 9 rings (SSSR count). The van der Waals surface area contributed by atoms with Crippen LogP contribution in [0.1, 0.15) is 90.9 Å². The van der Waals surface area contributed by atoms with Gasteiger partial charge < -0.3 is 37.9 Å². The van der Waals surface area contributed by atoms with Gasteiger partial charge in [0.1, 0.15) is 34.0 Å². The summed E-state index contributed by atoms with van der Waals surface area (Å²) in [6.45, 7) is 12.2. The van der Waals surface area contributed by atoms with E-state index in [1.807, 2.05) is 42.5 Å². The lowest BCUT2D eigenvalue weighted by atomic mass is 9.92. The number of Topliss-reactive ketones (excluding diaryl/α,β-unsaturated/α-hetero) is 2. The minimum atomic E-state index is -0.947. The molecule has 0 bridgehead atoms. The molecule has 3 aliphatic heterocycles. The second-order valence-electron chi connectivity index (χ2n) is 20.8.